The summed E-state index contributed by atoms with van der Waals surface area (Å²) in [6.45, 7) is 22.4. The van der Waals surface area contributed by atoms with E-state index in [4.69, 9.17) is 19.6 Å². The number of aliphatic hydroxyl groups excluding tert-OH is 1. The first-order chi connectivity index (χ1) is 24.0. The van der Waals surface area contributed by atoms with Gasteiger partial charge >= 0.3 is 12.2 Å². The second-order valence-corrected chi connectivity index (χ2v) is 13.9. The van der Waals surface area contributed by atoms with Crippen molar-refractivity contribution in [2.24, 2.45) is 4.99 Å². The van der Waals surface area contributed by atoms with Crippen molar-refractivity contribution in [1.29, 1.82) is 0 Å². The van der Waals surface area contributed by atoms with Gasteiger partial charge in [0.15, 0.2) is 0 Å². The fourth-order valence-electron chi connectivity index (χ4n) is 5.70. The Morgan fingerprint density at radius 3 is 1.35 bits per heavy atom. The molecule has 0 bridgehead atoms. The topological polar surface area (TPSA) is 159 Å². The van der Waals surface area contributed by atoms with E-state index in [0.717, 1.165) is 55.0 Å². The number of nitrogens with zero attached hydrogens (tertiary/aromatic N) is 3. The minimum Gasteiger partial charge on any atom is -0.444 e. The number of nitrogens with one attached hydrogen (secondary N) is 4. The van der Waals surface area contributed by atoms with Gasteiger partial charge in [-0.3, -0.25) is 10.6 Å². The molecule has 12 heteroatoms. The van der Waals surface area contributed by atoms with Crippen molar-refractivity contribution >= 4 is 29.8 Å². The molecule has 0 unspecified atom stereocenters. The summed E-state index contributed by atoms with van der Waals surface area (Å²) in [6.07, 6.45) is 0.864. The van der Waals surface area contributed by atoms with E-state index in [1.54, 1.807) is 41.5 Å². The van der Waals surface area contributed by atoms with Gasteiger partial charge in [0.25, 0.3) is 0 Å². The van der Waals surface area contributed by atoms with Gasteiger partial charge in [-0.25, -0.2) is 24.5 Å². The van der Waals surface area contributed by atoms with Crippen LogP contribution >= 0.6 is 0 Å². The first-order valence-electron chi connectivity index (χ1n) is 17.5. The van der Waals surface area contributed by atoms with Gasteiger partial charge in [0.2, 0.25) is 5.96 Å². The molecule has 0 saturated carbocycles. The van der Waals surface area contributed by atoms with Gasteiger partial charge in [0.05, 0.1) is 6.54 Å². The SMILES string of the molecule is CCc1c(CN=C(NC(=O)OC(C)(C)C)NC(=O)OC(C)(C)C)c(CC)c(CNc2cccc(C)n2)c(CC)c1CNc1cccc(C)n1.CO. The first kappa shape index (κ1) is 42.5. The number of guanidine groups is 1. The van der Waals surface area contributed by atoms with Gasteiger partial charge in [0, 0.05) is 31.6 Å². The van der Waals surface area contributed by atoms with Crippen molar-refractivity contribution in [1.82, 2.24) is 20.6 Å². The van der Waals surface area contributed by atoms with E-state index in [0.29, 0.717) is 13.1 Å². The number of alkyl carbamates (subject to hydrolysis) is 2. The molecule has 0 saturated heterocycles. The number of hydrogen-bond donors (Lipinski definition) is 5. The predicted molar refractivity (Wildman–Crippen MR) is 205 cm³/mol. The maximum Gasteiger partial charge on any atom is 0.414 e. The normalized spacial score (nSPS) is 11.1. The number of benzene rings is 1. The molecule has 2 heterocycles. The van der Waals surface area contributed by atoms with E-state index in [2.05, 4.69) is 52.0 Å². The molecular weight excluding hydrogens is 646 g/mol. The standard InChI is InChI=1S/C38H55N7O4.CH4O/c1-12-26-29(21-39-32-19-15-17-24(4)42-32)27(13-2)31(28(14-3)30(26)22-40-33-20-16-18-25(5)43-33)23-41-34(44-35(46)48-37(6,7)8)45-36(47)49-38(9,10)11;1-2/h15-20H,12-14,21-23H2,1-11H3,(H,39,42)(H,40,43)(H2,41,44,45,46,47);2H,1H3. The molecule has 1 aromatic carbocycles. The molecule has 0 aliphatic carbocycles. The summed E-state index contributed by atoms with van der Waals surface area (Å²) in [4.78, 5) is 39.8. The van der Waals surface area contributed by atoms with Crippen molar-refractivity contribution in [2.75, 3.05) is 17.7 Å². The molecule has 0 aliphatic heterocycles. The van der Waals surface area contributed by atoms with Crippen LogP contribution in [0.5, 0.6) is 0 Å². The van der Waals surface area contributed by atoms with E-state index in [-0.39, 0.29) is 12.5 Å². The lowest BCUT2D eigenvalue weighted by molar-refractivity contribution is 0.0545. The molecule has 0 fully saturated rings. The smallest absolute Gasteiger partial charge is 0.414 e. The molecule has 0 atom stereocenters. The molecule has 0 spiro atoms. The molecule has 280 valence electrons. The van der Waals surface area contributed by atoms with Gasteiger partial charge < -0.3 is 25.2 Å². The molecule has 2 aromatic heterocycles. The largest absolute Gasteiger partial charge is 0.444 e. The lowest BCUT2D eigenvalue weighted by atomic mass is 9.83. The number of carbonyl (C=O) groups excluding carboxylic acids is 2. The monoisotopic (exact) mass is 705 g/mol. The molecular formula is C39H59N7O5. The second kappa shape index (κ2) is 19.6. The Hall–Kier alpha value is -4.71. The molecule has 51 heavy (non-hydrogen) atoms. The van der Waals surface area contributed by atoms with Crippen LogP contribution in [0.15, 0.2) is 41.4 Å². The lowest BCUT2D eigenvalue weighted by Crippen LogP contribution is -2.47. The summed E-state index contributed by atoms with van der Waals surface area (Å²) < 4.78 is 10.9. The zero-order chi connectivity index (χ0) is 38.4. The summed E-state index contributed by atoms with van der Waals surface area (Å²) in [6, 6.07) is 11.9. The Morgan fingerprint density at radius 1 is 0.647 bits per heavy atom. The number of aliphatic hydroxyl groups is 1. The molecule has 0 aliphatic rings. The van der Waals surface area contributed by atoms with Gasteiger partial charge in [0.1, 0.15) is 22.8 Å². The highest BCUT2D eigenvalue weighted by atomic mass is 16.6. The van der Waals surface area contributed by atoms with E-state index in [9.17, 15) is 9.59 Å². The summed E-state index contributed by atoms with van der Waals surface area (Å²) in [7, 11) is 1.00. The highest BCUT2D eigenvalue weighted by Gasteiger charge is 2.24. The molecule has 3 rings (SSSR count). The van der Waals surface area contributed by atoms with Crippen LogP contribution in [0, 0.1) is 13.8 Å². The number of amides is 2. The lowest BCUT2D eigenvalue weighted by Gasteiger charge is -2.26. The Labute approximate surface area is 304 Å². The average Bonchev–Trinajstić information content (AvgIpc) is 3.03. The van der Waals surface area contributed by atoms with E-state index in [1.807, 2.05) is 50.2 Å². The number of aromatic nitrogens is 2. The molecule has 5 N–H and O–H groups in total. The number of pyridine rings is 2. The van der Waals surface area contributed by atoms with Crippen LogP contribution < -0.4 is 21.3 Å². The number of aryl methyl sites for hydroxylation is 2. The van der Waals surface area contributed by atoms with Crippen molar-refractivity contribution < 1.29 is 24.2 Å². The maximum atomic E-state index is 12.8. The van der Waals surface area contributed by atoms with E-state index in [1.165, 1.54) is 27.8 Å². The van der Waals surface area contributed by atoms with Crippen LogP contribution in [-0.2, 0) is 48.4 Å². The minimum atomic E-state index is -0.746. The Balaban J connectivity index is 0.00000442. The number of hydrogen-bond acceptors (Lipinski definition) is 10. The second-order valence-electron chi connectivity index (χ2n) is 13.9. The van der Waals surface area contributed by atoms with E-state index < -0.39 is 23.4 Å². The van der Waals surface area contributed by atoms with Gasteiger partial charge in [-0.15, -0.1) is 0 Å². The van der Waals surface area contributed by atoms with Crippen molar-refractivity contribution in [3.8, 4) is 0 Å². The van der Waals surface area contributed by atoms with Crippen LogP contribution in [0.3, 0.4) is 0 Å². The highest BCUT2D eigenvalue weighted by molar-refractivity contribution is 6.01. The van der Waals surface area contributed by atoms with Crippen LogP contribution in [0.1, 0.15) is 107 Å². The number of aliphatic imine (C=N–C) groups is 1. The van der Waals surface area contributed by atoms with Gasteiger partial charge in [-0.2, -0.15) is 0 Å². The predicted octanol–water partition coefficient (Wildman–Crippen LogP) is 7.52. The number of rotatable bonds is 11. The Bertz CT molecular complexity index is 1530. The van der Waals surface area contributed by atoms with Gasteiger partial charge in [-0.1, -0.05) is 32.9 Å². The number of carbonyl (C=O) groups is 2. The van der Waals surface area contributed by atoms with Crippen LogP contribution in [0.4, 0.5) is 21.2 Å². The summed E-state index contributed by atoms with van der Waals surface area (Å²) in [5, 5.41) is 19.4. The molecule has 0 radical (unpaired) electrons. The maximum absolute atomic E-state index is 12.8. The zero-order valence-electron chi connectivity index (χ0n) is 32.6. The third kappa shape index (κ3) is 13.8. The van der Waals surface area contributed by atoms with Crippen molar-refractivity contribution in [3.05, 3.63) is 81.2 Å². The first-order valence-corrected chi connectivity index (χ1v) is 17.5. The average molecular weight is 706 g/mol. The molecule has 12 nitrogen and oxygen atoms in total. The zero-order valence-corrected chi connectivity index (χ0v) is 32.6. The quantitative estimate of drug-likeness (QED) is 0.100. The summed E-state index contributed by atoms with van der Waals surface area (Å²) in [5.74, 6) is 1.55. The van der Waals surface area contributed by atoms with E-state index >= 15 is 0 Å². The van der Waals surface area contributed by atoms with Crippen molar-refractivity contribution in [3.63, 3.8) is 0 Å². The third-order valence-corrected chi connectivity index (χ3v) is 7.55. The van der Waals surface area contributed by atoms with Crippen molar-refractivity contribution in [2.45, 2.75) is 126 Å². The van der Waals surface area contributed by atoms with Crippen LogP contribution in [0.2, 0.25) is 0 Å². The number of ether oxygens (including phenoxy) is 2. The highest BCUT2D eigenvalue weighted by Crippen LogP contribution is 2.32. The molecule has 2 amide bonds. The Morgan fingerprint density at radius 2 is 1.02 bits per heavy atom. The third-order valence-electron chi connectivity index (χ3n) is 7.55. The Kier molecular flexibility index (Phi) is 16.3. The summed E-state index contributed by atoms with van der Waals surface area (Å²) >= 11 is 0. The number of anilines is 2. The minimum absolute atomic E-state index is 0.0561. The van der Waals surface area contributed by atoms with Crippen LogP contribution in [-0.4, -0.2) is 51.5 Å². The van der Waals surface area contributed by atoms with Crippen LogP contribution in [0.25, 0.3) is 0 Å². The fraction of sp³-hybridized carbons (Fsp3) is 0.513. The summed E-state index contributed by atoms with van der Waals surface area (Å²) in [5.41, 5.74) is 7.40. The molecule has 3 aromatic rings. The fourth-order valence-corrected chi connectivity index (χ4v) is 5.70. The van der Waals surface area contributed by atoms with Gasteiger partial charge in [-0.05, 0) is 132 Å².